The smallest absolute Gasteiger partial charge is 0.319 e. The molecule has 7 heteroatoms. The molecule has 1 unspecified atom stereocenters. The summed E-state index contributed by atoms with van der Waals surface area (Å²) in [5.74, 6) is -0.322. The Hall–Kier alpha value is -2.67. The fraction of sp³-hybridized carbons (Fsp3) is 0.250. The Morgan fingerprint density at radius 3 is 2.56 bits per heavy atom. The largest absolute Gasteiger partial charge is 0.465 e. The second kappa shape index (κ2) is 8.35. The Bertz CT molecular complexity index is 941. The van der Waals surface area contributed by atoms with Gasteiger partial charge in [0.15, 0.2) is 11.0 Å². The molecule has 0 saturated carbocycles. The van der Waals surface area contributed by atoms with Crippen LogP contribution in [0, 0.1) is 12.7 Å². The number of ether oxygens (including phenoxy) is 1. The first-order chi connectivity index (χ1) is 13.0. The molecule has 1 aromatic heterocycles. The fourth-order valence-corrected chi connectivity index (χ4v) is 3.42. The fourth-order valence-electron chi connectivity index (χ4n) is 2.56. The summed E-state index contributed by atoms with van der Waals surface area (Å²) < 4.78 is 21.2. The number of esters is 1. The Kier molecular flexibility index (Phi) is 5.91. The molecular formula is C20H20FN3O2S. The molecule has 0 spiro atoms. The Morgan fingerprint density at radius 2 is 1.89 bits per heavy atom. The van der Waals surface area contributed by atoms with Gasteiger partial charge in [0.2, 0.25) is 0 Å². The van der Waals surface area contributed by atoms with Crippen molar-refractivity contribution < 1.29 is 13.9 Å². The number of carbonyl (C=O) groups excluding carboxylic acids is 1. The third kappa shape index (κ3) is 4.19. The van der Waals surface area contributed by atoms with Crippen molar-refractivity contribution in [2.45, 2.75) is 31.2 Å². The average molecular weight is 385 g/mol. The van der Waals surface area contributed by atoms with Crippen LogP contribution in [-0.4, -0.2) is 32.6 Å². The lowest BCUT2D eigenvalue weighted by atomic mass is 10.2. The second-order valence-electron chi connectivity index (χ2n) is 5.97. The molecule has 140 valence electrons. The summed E-state index contributed by atoms with van der Waals surface area (Å²) in [6.07, 6.45) is 0. The molecular weight excluding hydrogens is 365 g/mol. The van der Waals surface area contributed by atoms with E-state index in [1.807, 2.05) is 31.2 Å². The summed E-state index contributed by atoms with van der Waals surface area (Å²) in [5, 5.41) is 8.45. The highest BCUT2D eigenvalue weighted by Gasteiger charge is 2.23. The van der Waals surface area contributed by atoms with Crippen LogP contribution < -0.4 is 0 Å². The maximum Gasteiger partial charge on any atom is 0.319 e. The predicted molar refractivity (Wildman–Crippen MR) is 103 cm³/mol. The summed E-state index contributed by atoms with van der Waals surface area (Å²) in [6.45, 7) is 5.82. The van der Waals surface area contributed by atoms with E-state index in [4.69, 9.17) is 4.74 Å². The topological polar surface area (TPSA) is 57.0 Å². The summed E-state index contributed by atoms with van der Waals surface area (Å²) in [4.78, 5) is 12.0. The van der Waals surface area contributed by atoms with Crippen molar-refractivity contribution in [3.05, 3.63) is 59.9 Å². The van der Waals surface area contributed by atoms with E-state index in [0.717, 1.165) is 11.3 Å². The van der Waals surface area contributed by atoms with Crippen molar-refractivity contribution in [1.82, 2.24) is 14.8 Å². The highest BCUT2D eigenvalue weighted by Crippen LogP contribution is 2.31. The second-order valence-corrected chi connectivity index (χ2v) is 7.28. The number of thioether (sulfide) groups is 1. The minimum Gasteiger partial charge on any atom is -0.465 e. The molecule has 5 nitrogen and oxygen atoms in total. The first-order valence-electron chi connectivity index (χ1n) is 8.62. The quantitative estimate of drug-likeness (QED) is 0.464. The van der Waals surface area contributed by atoms with Gasteiger partial charge in [0.05, 0.1) is 12.2 Å². The van der Waals surface area contributed by atoms with Crippen molar-refractivity contribution in [2.24, 2.45) is 0 Å². The van der Waals surface area contributed by atoms with Crippen molar-refractivity contribution >= 4 is 17.7 Å². The molecule has 0 aliphatic carbocycles. The van der Waals surface area contributed by atoms with Crippen LogP contribution in [0.4, 0.5) is 4.39 Å². The van der Waals surface area contributed by atoms with Gasteiger partial charge in [-0.05, 0) is 45.0 Å². The normalized spacial score (nSPS) is 12.0. The Labute approximate surface area is 161 Å². The van der Waals surface area contributed by atoms with Gasteiger partial charge in [0.25, 0.3) is 0 Å². The van der Waals surface area contributed by atoms with Gasteiger partial charge in [-0.3, -0.25) is 9.36 Å². The van der Waals surface area contributed by atoms with Gasteiger partial charge in [-0.15, -0.1) is 10.2 Å². The van der Waals surface area contributed by atoms with Gasteiger partial charge in [0, 0.05) is 5.69 Å². The number of rotatable bonds is 6. The van der Waals surface area contributed by atoms with Crippen molar-refractivity contribution in [3.8, 4) is 17.1 Å². The first-order valence-corrected chi connectivity index (χ1v) is 9.50. The van der Waals surface area contributed by atoms with Crippen molar-refractivity contribution in [2.75, 3.05) is 6.61 Å². The zero-order valence-corrected chi connectivity index (χ0v) is 16.2. The molecule has 27 heavy (non-hydrogen) atoms. The minimum atomic E-state index is -0.466. The maximum absolute atomic E-state index is 14.4. The number of aromatic nitrogens is 3. The van der Waals surface area contributed by atoms with Crippen LogP contribution in [-0.2, 0) is 9.53 Å². The van der Waals surface area contributed by atoms with Crippen molar-refractivity contribution in [1.29, 1.82) is 0 Å². The van der Waals surface area contributed by atoms with E-state index in [1.54, 1.807) is 36.6 Å². The Balaban J connectivity index is 2.08. The van der Waals surface area contributed by atoms with Gasteiger partial charge >= 0.3 is 5.97 Å². The van der Waals surface area contributed by atoms with E-state index in [2.05, 4.69) is 10.2 Å². The highest BCUT2D eigenvalue weighted by molar-refractivity contribution is 8.00. The highest BCUT2D eigenvalue weighted by atomic mass is 32.2. The number of hydrogen-bond acceptors (Lipinski definition) is 5. The van der Waals surface area contributed by atoms with Crippen LogP contribution >= 0.6 is 11.8 Å². The van der Waals surface area contributed by atoms with Gasteiger partial charge in [0.1, 0.15) is 11.1 Å². The van der Waals surface area contributed by atoms with Crippen LogP contribution in [0.1, 0.15) is 19.4 Å². The average Bonchev–Trinajstić information content (AvgIpc) is 3.06. The zero-order chi connectivity index (χ0) is 19.4. The standard InChI is InChI=1S/C20H20FN3O2S/c1-4-26-19(25)14(3)27-20-23-22-18(16-7-5-6-8-17(16)21)24(20)15-11-9-13(2)10-12-15/h5-12,14H,4H2,1-3H3. The third-order valence-electron chi connectivity index (χ3n) is 3.94. The summed E-state index contributed by atoms with van der Waals surface area (Å²) in [7, 11) is 0. The van der Waals surface area contributed by atoms with E-state index in [-0.39, 0.29) is 11.8 Å². The molecule has 0 fully saturated rings. The zero-order valence-electron chi connectivity index (χ0n) is 15.3. The van der Waals surface area contributed by atoms with Crippen LogP contribution in [0.2, 0.25) is 0 Å². The number of aryl methyl sites for hydroxylation is 1. The molecule has 0 amide bonds. The molecule has 0 bridgehead atoms. The first kappa shape index (κ1) is 19.1. The molecule has 3 aromatic rings. The van der Waals surface area contributed by atoms with E-state index in [1.165, 1.54) is 17.8 Å². The lowest BCUT2D eigenvalue weighted by molar-refractivity contribution is -0.142. The molecule has 0 aliphatic rings. The molecule has 0 aliphatic heterocycles. The third-order valence-corrected chi connectivity index (χ3v) is 4.96. The molecule has 2 aromatic carbocycles. The van der Waals surface area contributed by atoms with Crippen LogP contribution in [0.3, 0.4) is 0 Å². The van der Waals surface area contributed by atoms with Gasteiger partial charge in [-0.25, -0.2) is 4.39 Å². The number of benzene rings is 2. The molecule has 3 rings (SSSR count). The number of halogens is 1. The molecule has 0 N–H and O–H groups in total. The number of hydrogen-bond donors (Lipinski definition) is 0. The summed E-state index contributed by atoms with van der Waals surface area (Å²) in [6, 6.07) is 14.2. The summed E-state index contributed by atoms with van der Waals surface area (Å²) >= 11 is 1.23. The van der Waals surface area contributed by atoms with Gasteiger partial charge in [-0.1, -0.05) is 41.6 Å². The number of nitrogens with zero attached hydrogens (tertiary/aromatic N) is 3. The van der Waals surface area contributed by atoms with Gasteiger partial charge < -0.3 is 4.74 Å². The maximum atomic E-state index is 14.4. The van der Waals surface area contributed by atoms with E-state index in [0.29, 0.717) is 23.2 Å². The SMILES string of the molecule is CCOC(=O)C(C)Sc1nnc(-c2ccccc2F)n1-c1ccc(C)cc1. The molecule has 0 saturated heterocycles. The summed E-state index contributed by atoms with van der Waals surface area (Å²) in [5.41, 5.74) is 2.25. The van der Waals surface area contributed by atoms with E-state index >= 15 is 0 Å². The number of carbonyl (C=O) groups is 1. The predicted octanol–water partition coefficient (Wildman–Crippen LogP) is 4.43. The molecule has 1 heterocycles. The molecule has 1 atom stereocenters. The van der Waals surface area contributed by atoms with Crippen LogP contribution in [0.15, 0.2) is 53.7 Å². The monoisotopic (exact) mass is 385 g/mol. The lowest BCUT2D eigenvalue weighted by Gasteiger charge is -2.13. The van der Waals surface area contributed by atoms with E-state index in [9.17, 15) is 9.18 Å². The minimum absolute atomic E-state index is 0.314. The molecule has 0 radical (unpaired) electrons. The lowest BCUT2D eigenvalue weighted by Crippen LogP contribution is -2.17. The Morgan fingerprint density at radius 1 is 1.19 bits per heavy atom. The van der Waals surface area contributed by atoms with Crippen LogP contribution in [0.5, 0.6) is 0 Å². The van der Waals surface area contributed by atoms with Crippen molar-refractivity contribution in [3.63, 3.8) is 0 Å². The van der Waals surface area contributed by atoms with E-state index < -0.39 is 5.25 Å². The van der Waals surface area contributed by atoms with Crippen LogP contribution in [0.25, 0.3) is 17.1 Å². The van der Waals surface area contributed by atoms with Gasteiger partial charge in [-0.2, -0.15) is 0 Å².